The van der Waals surface area contributed by atoms with E-state index in [0.29, 0.717) is 0 Å². The summed E-state index contributed by atoms with van der Waals surface area (Å²) >= 11 is 2.68. The van der Waals surface area contributed by atoms with Crippen molar-refractivity contribution in [3.63, 3.8) is 0 Å². The van der Waals surface area contributed by atoms with Crippen molar-refractivity contribution < 1.29 is 9.59 Å². The van der Waals surface area contributed by atoms with E-state index in [4.69, 9.17) is 0 Å². The second-order valence-electron chi connectivity index (χ2n) is 1.64. The Morgan fingerprint density at radius 2 is 1.88 bits per heavy atom. The van der Waals surface area contributed by atoms with Gasteiger partial charge in [0.2, 0.25) is 4.69 Å². The summed E-state index contributed by atoms with van der Waals surface area (Å²) in [6.07, 6.45) is 0. The number of carbonyl (C=O) groups is 2. The Balaban J connectivity index is 3.83. The maximum absolute atomic E-state index is 10.3. The zero-order valence-corrected chi connectivity index (χ0v) is 6.36. The molecule has 0 aromatic rings. The monoisotopic (exact) mass is 178 g/mol. The van der Waals surface area contributed by atoms with E-state index in [1.54, 1.807) is 6.92 Å². The Bertz CT molecular complexity index is 106. The number of Topliss-reactive ketones (excluding diaryl/α,β-unsaturated/α-hetero) is 1. The van der Waals surface area contributed by atoms with Gasteiger partial charge in [-0.25, -0.2) is 0 Å². The van der Waals surface area contributed by atoms with E-state index in [2.05, 4.69) is 15.9 Å². The van der Waals surface area contributed by atoms with Crippen molar-refractivity contribution in [3.8, 4) is 0 Å². The third kappa shape index (κ3) is 2.21. The maximum Gasteiger partial charge on any atom is 0.207 e. The van der Waals surface area contributed by atoms with Gasteiger partial charge in [-0.1, -0.05) is 0 Å². The lowest BCUT2D eigenvalue weighted by Crippen LogP contribution is -2.12. The summed E-state index contributed by atoms with van der Waals surface area (Å²) in [6, 6.07) is 0. The number of halogens is 1. The largest absolute Gasteiger partial charge is 0.299 e. The van der Waals surface area contributed by atoms with E-state index >= 15 is 0 Å². The fourth-order valence-corrected chi connectivity index (χ4v) is 0.482. The lowest BCUT2D eigenvalue weighted by molar-refractivity contribution is -0.126. The molecule has 1 unspecified atom stereocenters. The van der Waals surface area contributed by atoms with Gasteiger partial charge in [-0.3, -0.25) is 9.59 Å². The predicted octanol–water partition coefficient (Wildman–Crippen LogP) is 1.13. The minimum Gasteiger partial charge on any atom is -0.299 e. The Morgan fingerprint density at radius 1 is 1.50 bits per heavy atom. The van der Waals surface area contributed by atoms with Crippen LogP contribution in [0.1, 0.15) is 13.8 Å². The smallest absolute Gasteiger partial charge is 0.207 e. The van der Waals surface area contributed by atoms with Crippen molar-refractivity contribution >= 4 is 26.4 Å². The molecule has 0 aliphatic heterocycles. The molecule has 0 N–H and O–H groups in total. The van der Waals surface area contributed by atoms with E-state index < -0.39 is 5.92 Å². The molecule has 0 spiro atoms. The van der Waals surface area contributed by atoms with Crippen molar-refractivity contribution in [2.75, 3.05) is 0 Å². The zero-order valence-electron chi connectivity index (χ0n) is 4.77. The third-order valence-electron chi connectivity index (χ3n) is 0.950. The van der Waals surface area contributed by atoms with Crippen LogP contribution in [0, 0.1) is 5.92 Å². The van der Waals surface area contributed by atoms with E-state index in [-0.39, 0.29) is 10.5 Å². The standard InChI is InChI=1S/C5H7BrO2/c1-3(4(2)7)5(6)8/h3H,1-2H3. The highest BCUT2D eigenvalue weighted by molar-refractivity contribution is 9.18. The molecule has 2 nitrogen and oxygen atoms in total. The van der Waals surface area contributed by atoms with Crippen molar-refractivity contribution in [2.45, 2.75) is 13.8 Å². The number of rotatable bonds is 2. The van der Waals surface area contributed by atoms with Crippen LogP contribution in [0.4, 0.5) is 0 Å². The van der Waals surface area contributed by atoms with Crippen LogP contribution in [0.25, 0.3) is 0 Å². The molecule has 0 fully saturated rings. The predicted molar refractivity (Wildman–Crippen MR) is 33.8 cm³/mol. The van der Waals surface area contributed by atoms with Crippen LogP contribution < -0.4 is 0 Å². The second kappa shape index (κ2) is 2.97. The average Bonchev–Trinajstić information content (AvgIpc) is 1.64. The van der Waals surface area contributed by atoms with Crippen molar-refractivity contribution in [1.82, 2.24) is 0 Å². The first kappa shape index (κ1) is 7.82. The van der Waals surface area contributed by atoms with E-state index in [1.165, 1.54) is 6.92 Å². The van der Waals surface area contributed by atoms with Crippen LogP contribution in [-0.2, 0) is 9.59 Å². The molecule has 0 rings (SSSR count). The van der Waals surface area contributed by atoms with Gasteiger partial charge in [0.25, 0.3) is 0 Å². The number of carbonyl (C=O) groups excluding carboxylic acids is 2. The number of hydrogen-bond donors (Lipinski definition) is 0. The first-order valence-corrected chi connectivity index (χ1v) is 3.04. The molecule has 46 valence electrons. The molecule has 0 radical (unpaired) electrons. The van der Waals surface area contributed by atoms with Gasteiger partial charge in [0, 0.05) is 0 Å². The molecule has 8 heavy (non-hydrogen) atoms. The van der Waals surface area contributed by atoms with Gasteiger partial charge in [-0.15, -0.1) is 0 Å². The van der Waals surface area contributed by atoms with Crippen LogP contribution in [0.2, 0.25) is 0 Å². The normalized spacial score (nSPS) is 12.9. The van der Waals surface area contributed by atoms with Crippen LogP contribution in [0.5, 0.6) is 0 Å². The summed E-state index contributed by atoms with van der Waals surface area (Å²) in [5.74, 6) is -0.595. The minimum atomic E-state index is -0.491. The molecule has 0 amide bonds. The molecule has 0 aliphatic carbocycles. The van der Waals surface area contributed by atoms with Crippen LogP contribution in [0.15, 0.2) is 0 Å². The summed E-state index contributed by atoms with van der Waals surface area (Å²) in [6.45, 7) is 2.96. The molecular weight excluding hydrogens is 172 g/mol. The van der Waals surface area contributed by atoms with Gasteiger partial charge in [-0.05, 0) is 29.8 Å². The highest BCUT2D eigenvalue weighted by Crippen LogP contribution is 2.02. The molecule has 0 aromatic carbocycles. The minimum absolute atomic E-state index is 0.105. The molecule has 0 aromatic heterocycles. The van der Waals surface area contributed by atoms with Gasteiger partial charge in [0.1, 0.15) is 5.78 Å². The highest BCUT2D eigenvalue weighted by Gasteiger charge is 2.12. The van der Waals surface area contributed by atoms with Crippen molar-refractivity contribution in [3.05, 3.63) is 0 Å². The number of hydrogen-bond acceptors (Lipinski definition) is 2. The SMILES string of the molecule is CC(=O)C(C)C(=O)Br. The Kier molecular flexibility index (Phi) is 2.90. The summed E-state index contributed by atoms with van der Waals surface area (Å²) in [5, 5.41) is 0. The van der Waals surface area contributed by atoms with E-state index in [1.807, 2.05) is 0 Å². The summed E-state index contributed by atoms with van der Waals surface area (Å²) < 4.78 is -0.245. The van der Waals surface area contributed by atoms with Gasteiger partial charge in [-0.2, -0.15) is 0 Å². The van der Waals surface area contributed by atoms with E-state index in [9.17, 15) is 9.59 Å². The van der Waals surface area contributed by atoms with Crippen LogP contribution in [0.3, 0.4) is 0 Å². The Hall–Kier alpha value is -0.180. The highest BCUT2D eigenvalue weighted by atomic mass is 79.9. The summed E-state index contributed by atoms with van der Waals surface area (Å²) in [5.41, 5.74) is 0. The first-order valence-electron chi connectivity index (χ1n) is 2.25. The molecule has 0 bridgehead atoms. The molecule has 3 heteroatoms. The topological polar surface area (TPSA) is 34.1 Å². The fraction of sp³-hybridized carbons (Fsp3) is 0.600. The third-order valence-corrected chi connectivity index (χ3v) is 1.64. The fourth-order valence-electron chi connectivity index (χ4n) is 0.160. The second-order valence-corrected chi connectivity index (χ2v) is 2.42. The number of ketones is 1. The lowest BCUT2D eigenvalue weighted by atomic mass is 10.1. The molecule has 0 heterocycles. The Labute approximate surface area is 56.4 Å². The van der Waals surface area contributed by atoms with E-state index in [0.717, 1.165) is 0 Å². The summed E-state index contributed by atoms with van der Waals surface area (Å²) in [4.78, 5) is 20.6. The van der Waals surface area contributed by atoms with Gasteiger partial charge >= 0.3 is 0 Å². The van der Waals surface area contributed by atoms with Crippen LogP contribution >= 0.6 is 15.9 Å². The molecule has 0 saturated heterocycles. The maximum atomic E-state index is 10.3. The Morgan fingerprint density at radius 3 is 1.88 bits per heavy atom. The summed E-state index contributed by atoms with van der Waals surface area (Å²) in [7, 11) is 0. The van der Waals surface area contributed by atoms with Gasteiger partial charge in [0.05, 0.1) is 5.92 Å². The zero-order chi connectivity index (χ0) is 6.73. The molecule has 0 aliphatic rings. The molecular formula is C5H7BrO2. The average molecular weight is 179 g/mol. The van der Waals surface area contributed by atoms with Crippen molar-refractivity contribution in [1.29, 1.82) is 0 Å². The molecule has 0 saturated carbocycles. The first-order chi connectivity index (χ1) is 3.55. The van der Waals surface area contributed by atoms with Gasteiger partial charge in [0.15, 0.2) is 0 Å². The van der Waals surface area contributed by atoms with Gasteiger partial charge < -0.3 is 0 Å². The van der Waals surface area contributed by atoms with Crippen molar-refractivity contribution in [2.24, 2.45) is 5.92 Å². The molecule has 1 atom stereocenters. The lowest BCUT2D eigenvalue weighted by Gasteiger charge is -1.96. The van der Waals surface area contributed by atoms with Crippen LogP contribution in [-0.4, -0.2) is 10.5 Å². The quantitative estimate of drug-likeness (QED) is 0.470.